The molecule has 6 heteroatoms. The van der Waals surface area contributed by atoms with Gasteiger partial charge in [-0.25, -0.2) is 4.98 Å². The first-order valence-electron chi connectivity index (χ1n) is 6.85. The number of aromatic amines is 1. The number of ketones is 1. The van der Waals surface area contributed by atoms with Gasteiger partial charge in [-0.2, -0.15) is 5.10 Å². The molecule has 2 aromatic heterocycles. The Bertz CT molecular complexity index is 618. The maximum atomic E-state index is 11.4. The number of hydrogen-bond acceptors (Lipinski definition) is 5. The summed E-state index contributed by atoms with van der Waals surface area (Å²) in [7, 11) is 0. The molecule has 0 saturated carbocycles. The Kier molecular flexibility index (Phi) is 3.67. The van der Waals surface area contributed by atoms with E-state index in [-0.39, 0.29) is 5.78 Å². The van der Waals surface area contributed by atoms with Crippen molar-refractivity contribution in [3.05, 3.63) is 33.5 Å². The minimum atomic E-state index is 0.142. The molecule has 0 bridgehead atoms. The average molecular weight is 290 g/mol. The third kappa shape index (κ3) is 2.66. The minimum Gasteiger partial charge on any atom is -0.294 e. The number of hydrogen-bond donors (Lipinski definition) is 1. The number of carbonyl (C=O) groups excluding carboxylic acids is 1. The Balaban J connectivity index is 1.73. The molecule has 0 aromatic carbocycles. The van der Waals surface area contributed by atoms with Gasteiger partial charge >= 0.3 is 0 Å². The van der Waals surface area contributed by atoms with E-state index in [0.29, 0.717) is 6.04 Å². The molecule has 1 fully saturated rings. The van der Waals surface area contributed by atoms with E-state index in [1.807, 2.05) is 13.0 Å². The SMILES string of the molecule is CC(=O)c1cc(CN2CCCC2c2n[nH]c(C)n2)cs1. The van der Waals surface area contributed by atoms with Crippen LogP contribution in [0.3, 0.4) is 0 Å². The number of H-pyrrole nitrogens is 1. The molecule has 1 saturated heterocycles. The number of Topliss-reactive ketones (excluding diaryl/α,β-unsaturated/α-hetero) is 1. The van der Waals surface area contributed by atoms with E-state index in [2.05, 4.69) is 25.5 Å². The summed E-state index contributed by atoms with van der Waals surface area (Å²) in [5.41, 5.74) is 1.21. The van der Waals surface area contributed by atoms with Crippen LogP contribution in [0.1, 0.15) is 52.7 Å². The number of nitrogens with zero attached hydrogens (tertiary/aromatic N) is 3. The van der Waals surface area contributed by atoms with Crippen molar-refractivity contribution in [2.45, 2.75) is 39.3 Å². The van der Waals surface area contributed by atoms with Gasteiger partial charge in [-0.1, -0.05) is 0 Å². The van der Waals surface area contributed by atoms with Crippen molar-refractivity contribution < 1.29 is 4.79 Å². The van der Waals surface area contributed by atoms with Crippen molar-refractivity contribution in [2.24, 2.45) is 0 Å². The average Bonchev–Trinajstić information content (AvgIpc) is 3.09. The number of aromatic nitrogens is 3. The lowest BCUT2D eigenvalue weighted by atomic mass is 10.2. The number of likely N-dealkylation sites (tertiary alicyclic amines) is 1. The molecule has 0 spiro atoms. The van der Waals surface area contributed by atoms with Gasteiger partial charge in [0.1, 0.15) is 5.82 Å². The van der Waals surface area contributed by atoms with Crippen molar-refractivity contribution in [3.63, 3.8) is 0 Å². The fourth-order valence-electron chi connectivity index (χ4n) is 2.69. The molecule has 0 radical (unpaired) electrons. The van der Waals surface area contributed by atoms with Crippen LogP contribution >= 0.6 is 11.3 Å². The number of rotatable bonds is 4. The summed E-state index contributed by atoms with van der Waals surface area (Å²) in [4.78, 5) is 19.1. The van der Waals surface area contributed by atoms with E-state index >= 15 is 0 Å². The van der Waals surface area contributed by atoms with E-state index in [4.69, 9.17) is 0 Å². The van der Waals surface area contributed by atoms with Crippen molar-refractivity contribution in [2.75, 3.05) is 6.54 Å². The van der Waals surface area contributed by atoms with E-state index in [1.165, 1.54) is 23.3 Å². The molecule has 20 heavy (non-hydrogen) atoms. The van der Waals surface area contributed by atoms with Gasteiger partial charge in [0.05, 0.1) is 10.9 Å². The fourth-order valence-corrected chi connectivity index (χ4v) is 3.50. The molecule has 5 nitrogen and oxygen atoms in total. The highest BCUT2D eigenvalue weighted by molar-refractivity contribution is 7.12. The monoisotopic (exact) mass is 290 g/mol. The van der Waals surface area contributed by atoms with Crippen LogP contribution in [0.5, 0.6) is 0 Å². The maximum Gasteiger partial charge on any atom is 0.169 e. The second-order valence-corrected chi connectivity index (χ2v) is 6.19. The number of nitrogens with one attached hydrogen (secondary N) is 1. The quantitative estimate of drug-likeness (QED) is 0.879. The molecule has 0 aliphatic carbocycles. The Hall–Kier alpha value is -1.53. The second kappa shape index (κ2) is 5.46. The van der Waals surface area contributed by atoms with Gasteiger partial charge < -0.3 is 0 Å². The first kappa shape index (κ1) is 13.5. The zero-order chi connectivity index (χ0) is 14.1. The maximum absolute atomic E-state index is 11.4. The van der Waals surface area contributed by atoms with Crippen LogP contribution < -0.4 is 0 Å². The Morgan fingerprint density at radius 1 is 1.60 bits per heavy atom. The third-order valence-corrected chi connectivity index (χ3v) is 4.74. The highest BCUT2D eigenvalue weighted by Gasteiger charge is 2.29. The van der Waals surface area contributed by atoms with Crippen LogP contribution in [0.2, 0.25) is 0 Å². The summed E-state index contributed by atoms with van der Waals surface area (Å²) in [6, 6.07) is 2.30. The molecule has 1 N–H and O–H groups in total. The summed E-state index contributed by atoms with van der Waals surface area (Å²) < 4.78 is 0. The third-order valence-electron chi connectivity index (χ3n) is 3.66. The molecular weight excluding hydrogens is 272 g/mol. The van der Waals surface area contributed by atoms with Crippen LogP contribution in [-0.4, -0.2) is 32.4 Å². The summed E-state index contributed by atoms with van der Waals surface area (Å²) >= 11 is 1.53. The molecule has 1 unspecified atom stereocenters. The first-order chi connectivity index (χ1) is 9.63. The van der Waals surface area contributed by atoms with Crippen molar-refractivity contribution >= 4 is 17.1 Å². The molecule has 1 aliphatic heterocycles. The molecular formula is C14H18N4OS. The minimum absolute atomic E-state index is 0.142. The normalized spacial score (nSPS) is 19.6. The lowest BCUT2D eigenvalue weighted by molar-refractivity contribution is 0.102. The van der Waals surface area contributed by atoms with Gasteiger partial charge in [-0.15, -0.1) is 11.3 Å². The van der Waals surface area contributed by atoms with Crippen LogP contribution in [0.15, 0.2) is 11.4 Å². The van der Waals surface area contributed by atoms with Crippen LogP contribution in [0.4, 0.5) is 0 Å². The largest absolute Gasteiger partial charge is 0.294 e. The number of thiophene rings is 1. The summed E-state index contributed by atoms with van der Waals surface area (Å²) in [5, 5.41) is 9.29. The van der Waals surface area contributed by atoms with E-state index in [1.54, 1.807) is 6.92 Å². The highest BCUT2D eigenvalue weighted by atomic mass is 32.1. The van der Waals surface area contributed by atoms with E-state index < -0.39 is 0 Å². The van der Waals surface area contributed by atoms with Gasteiger partial charge in [0.2, 0.25) is 0 Å². The zero-order valence-corrected chi connectivity index (χ0v) is 12.5. The van der Waals surface area contributed by atoms with Gasteiger partial charge in [0.15, 0.2) is 11.6 Å². The van der Waals surface area contributed by atoms with Crippen molar-refractivity contribution in [1.82, 2.24) is 20.1 Å². The van der Waals surface area contributed by atoms with Crippen LogP contribution in [-0.2, 0) is 6.54 Å². The second-order valence-electron chi connectivity index (χ2n) is 5.28. The molecule has 2 aromatic rings. The smallest absolute Gasteiger partial charge is 0.169 e. The lowest BCUT2D eigenvalue weighted by Gasteiger charge is -2.21. The van der Waals surface area contributed by atoms with Crippen molar-refractivity contribution in [3.8, 4) is 0 Å². The molecule has 106 valence electrons. The van der Waals surface area contributed by atoms with Gasteiger partial charge in [0.25, 0.3) is 0 Å². The number of carbonyl (C=O) groups is 1. The summed E-state index contributed by atoms with van der Waals surface area (Å²) in [5.74, 6) is 1.90. The van der Waals surface area contributed by atoms with E-state index in [0.717, 1.165) is 36.0 Å². The molecule has 1 aliphatic rings. The van der Waals surface area contributed by atoms with Crippen molar-refractivity contribution in [1.29, 1.82) is 0 Å². The van der Waals surface area contributed by atoms with Gasteiger partial charge in [0, 0.05) is 6.54 Å². The molecule has 3 heterocycles. The predicted molar refractivity (Wildman–Crippen MR) is 77.8 cm³/mol. The summed E-state index contributed by atoms with van der Waals surface area (Å²) in [6.07, 6.45) is 2.27. The van der Waals surface area contributed by atoms with E-state index in [9.17, 15) is 4.79 Å². The highest BCUT2D eigenvalue weighted by Crippen LogP contribution is 2.31. The predicted octanol–water partition coefficient (Wildman–Crippen LogP) is 2.71. The number of aryl methyl sites for hydroxylation is 1. The van der Waals surface area contributed by atoms with Crippen LogP contribution in [0.25, 0.3) is 0 Å². The van der Waals surface area contributed by atoms with Gasteiger partial charge in [-0.05, 0) is 50.2 Å². The Morgan fingerprint density at radius 3 is 3.10 bits per heavy atom. The standard InChI is InChI=1S/C14H18N4OS/c1-9(19)13-6-11(8-20-13)7-18-5-3-4-12(18)14-15-10(2)16-17-14/h6,8,12H,3-5,7H2,1-2H3,(H,15,16,17). The Morgan fingerprint density at radius 2 is 2.45 bits per heavy atom. The topological polar surface area (TPSA) is 61.9 Å². The van der Waals surface area contributed by atoms with Gasteiger partial charge in [-0.3, -0.25) is 14.8 Å². The van der Waals surface area contributed by atoms with Crippen LogP contribution in [0, 0.1) is 6.92 Å². The zero-order valence-electron chi connectivity index (χ0n) is 11.7. The molecule has 1 atom stereocenters. The lowest BCUT2D eigenvalue weighted by Crippen LogP contribution is -2.23. The fraction of sp³-hybridized carbons (Fsp3) is 0.500. The molecule has 0 amide bonds. The first-order valence-corrected chi connectivity index (χ1v) is 7.73. The Labute approximate surface area is 122 Å². The molecule has 3 rings (SSSR count). The summed E-state index contributed by atoms with van der Waals surface area (Å²) in [6.45, 7) is 5.46.